The molecule has 0 saturated heterocycles. The van der Waals surface area contributed by atoms with Crippen LogP contribution < -0.4 is 5.32 Å². The summed E-state index contributed by atoms with van der Waals surface area (Å²) in [6, 6.07) is 14.0. The molecule has 2 amide bonds. The van der Waals surface area contributed by atoms with Gasteiger partial charge in [-0.05, 0) is 29.7 Å². The number of alkyl halides is 3. The van der Waals surface area contributed by atoms with Crippen molar-refractivity contribution in [2.24, 2.45) is 5.92 Å². The van der Waals surface area contributed by atoms with Gasteiger partial charge in [-0.1, -0.05) is 67.6 Å². The summed E-state index contributed by atoms with van der Waals surface area (Å²) in [6.07, 6.45) is -1.12. The first-order chi connectivity index (χ1) is 16.6. The molecular formula is C25H25F3N4O2S. The van der Waals surface area contributed by atoms with Crippen molar-refractivity contribution in [1.82, 2.24) is 15.1 Å². The number of anilines is 1. The summed E-state index contributed by atoms with van der Waals surface area (Å²) >= 11 is 1.06. The molecule has 0 aliphatic heterocycles. The Morgan fingerprint density at radius 1 is 1.06 bits per heavy atom. The smallest absolute Gasteiger partial charge is 0.338 e. The molecule has 0 unspecified atom stereocenters. The van der Waals surface area contributed by atoms with E-state index in [-0.39, 0.29) is 35.8 Å². The first-order valence-corrected chi connectivity index (χ1v) is 11.8. The van der Waals surface area contributed by atoms with Gasteiger partial charge in [0.2, 0.25) is 16.9 Å². The third-order valence-electron chi connectivity index (χ3n) is 4.85. The highest BCUT2D eigenvalue weighted by Gasteiger charge is 2.30. The van der Waals surface area contributed by atoms with Gasteiger partial charge in [0.15, 0.2) is 0 Å². The molecule has 0 fully saturated rings. The third-order valence-corrected chi connectivity index (χ3v) is 5.74. The van der Waals surface area contributed by atoms with Gasteiger partial charge in [0.05, 0.1) is 5.56 Å². The number of nitrogens with one attached hydrogen (secondary N) is 1. The lowest BCUT2D eigenvalue weighted by molar-refractivity contribution is -0.137. The Labute approximate surface area is 205 Å². The van der Waals surface area contributed by atoms with Crippen LogP contribution in [0, 0.1) is 5.92 Å². The maximum Gasteiger partial charge on any atom is 0.416 e. The molecule has 6 nitrogen and oxygen atoms in total. The number of hydrogen-bond acceptors (Lipinski definition) is 5. The Kier molecular flexibility index (Phi) is 8.75. The fourth-order valence-corrected chi connectivity index (χ4v) is 3.94. The molecule has 10 heteroatoms. The Balaban J connectivity index is 1.57. The number of halogens is 3. The number of amides is 2. The highest BCUT2D eigenvalue weighted by atomic mass is 32.1. The molecule has 1 aromatic heterocycles. The van der Waals surface area contributed by atoms with E-state index in [1.54, 1.807) is 11.0 Å². The standard InChI is InChI=1S/C25H25F3N4O2S/c1-17(2)16-32(22(34)13-8-18-6-4-3-5-7-18)15-14-21(33)29-24-31-30-23(35-24)19-9-11-20(12-10-19)25(26,27)28/h3-13,17H,14-16H2,1-2H3,(H,29,31,33)/b13-8+. The van der Waals surface area contributed by atoms with Crippen molar-refractivity contribution in [2.45, 2.75) is 26.4 Å². The van der Waals surface area contributed by atoms with Crippen LogP contribution >= 0.6 is 11.3 Å². The summed E-state index contributed by atoms with van der Waals surface area (Å²) in [5.41, 5.74) is 0.622. The van der Waals surface area contributed by atoms with Gasteiger partial charge in [-0.15, -0.1) is 10.2 Å². The molecule has 0 bridgehead atoms. The van der Waals surface area contributed by atoms with Crippen LogP contribution in [-0.2, 0) is 15.8 Å². The van der Waals surface area contributed by atoms with Crippen molar-refractivity contribution >= 4 is 34.4 Å². The zero-order valence-electron chi connectivity index (χ0n) is 19.2. The maximum absolute atomic E-state index is 12.7. The van der Waals surface area contributed by atoms with Gasteiger partial charge in [0, 0.05) is 31.1 Å². The lowest BCUT2D eigenvalue weighted by Crippen LogP contribution is -2.35. The van der Waals surface area contributed by atoms with Crippen LogP contribution in [0.1, 0.15) is 31.4 Å². The number of aromatic nitrogens is 2. The number of nitrogens with zero attached hydrogens (tertiary/aromatic N) is 3. The summed E-state index contributed by atoms with van der Waals surface area (Å²) in [5, 5.41) is 11.1. The number of hydrogen-bond donors (Lipinski definition) is 1. The van der Waals surface area contributed by atoms with Crippen LogP contribution in [0.25, 0.3) is 16.6 Å². The first kappa shape index (κ1) is 26.1. The van der Waals surface area contributed by atoms with E-state index in [9.17, 15) is 22.8 Å². The molecule has 3 aromatic rings. The van der Waals surface area contributed by atoms with Crippen molar-refractivity contribution in [2.75, 3.05) is 18.4 Å². The van der Waals surface area contributed by atoms with Gasteiger partial charge in [-0.3, -0.25) is 9.59 Å². The summed E-state index contributed by atoms with van der Waals surface area (Å²) in [4.78, 5) is 26.8. The highest BCUT2D eigenvalue weighted by Crippen LogP contribution is 2.32. The van der Waals surface area contributed by atoms with Crippen LogP contribution in [0.3, 0.4) is 0 Å². The number of carbonyl (C=O) groups excluding carboxylic acids is 2. The molecule has 0 aliphatic rings. The molecule has 2 aromatic carbocycles. The lowest BCUT2D eigenvalue weighted by Gasteiger charge is -2.23. The van der Waals surface area contributed by atoms with Crippen LogP contribution in [0.4, 0.5) is 18.3 Å². The van der Waals surface area contributed by atoms with E-state index in [2.05, 4.69) is 15.5 Å². The Morgan fingerprint density at radius 3 is 2.37 bits per heavy atom. The summed E-state index contributed by atoms with van der Waals surface area (Å²) in [7, 11) is 0. The van der Waals surface area contributed by atoms with Gasteiger partial charge < -0.3 is 10.2 Å². The van der Waals surface area contributed by atoms with Crippen LogP contribution in [0.2, 0.25) is 0 Å². The van der Waals surface area contributed by atoms with E-state index < -0.39 is 11.7 Å². The molecular weight excluding hydrogens is 477 g/mol. The van der Waals surface area contributed by atoms with Gasteiger partial charge in [-0.2, -0.15) is 13.2 Å². The van der Waals surface area contributed by atoms with Crippen LogP contribution in [0.15, 0.2) is 60.7 Å². The fourth-order valence-electron chi connectivity index (χ4n) is 3.18. The van der Waals surface area contributed by atoms with Crippen molar-refractivity contribution in [1.29, 1.82) is 0 Å². The quantitative estimate of drug-likeness (QED) is 0.378. The van der Waals surface area contributed by atoms with Crippen molar-refractivity contribution in [3.63, 3.8) is 0 Å². The Hall–Kier alpha value is -3.53. The van der Waals surface area contributed by atoms with Crippen molar-refractivity contribution in [3.05, 3.63) is 71.8 Å². The molecule has 0 saturated carbocycles. The fraction of sp³-hybridized carbons (Fsp3) is 0.280. The molecule has 0 radical (unpaired) electrons. The number of benzene rings is 2. The van der Waals surface area contributed by atoms with E-state index in [1.165, 1.54) is 18.2 Å². The third kappa shape index (κ3) is 8.03. The highest BCUT2D eigenvalue weighted by molar-refractivity contribution is 7.18. The van der Waals surface area contributed by atoms with Crippen LogP contribution in [0.5, 0.6) is 0 Å². The van der Waals surface area contributed by atoms with Crippen molar-refractivity contribution in [3.8, 4) is 10.6 Å². The van der Waals surface area contributed by atoms with Gasteiger partial charge >= 0.3 is 6.18 Å². The molecule has 0 atom stereocenters. The number of carbonyl (C=O) groups is 2. The molecule has 3 rings (SSSR count). The first-order valence-electron chi connectivity index (χ1n) is 10.9. The van der Waals surface area contributed by atoms with Crippen LogP contribution in [-0.4, -0.2) is 40.0 Å². The largest absolute Gasteiger partial charge is 0.416 e. The maximum atomic E-state index is 12.7. The Morgan fingerprint density at radius 2 is 1.74 bits per heavy atom. The second-order valence-corrected chi connectivity index (χ2v) is 9.19. The second-order valence-electron chi connectivity index (χ2n) is 8.21. The summed E-state index contributed by atoms with van der Waals surface area (Å²) < 4.78 is 38.2. The van der Waals surface area contributed by atoms with E-state index in [4.69, 9.17) is 0 Å². The number of rotatable bonds is 9. The Bertz CT molecular complexity index is 1160. The monoisotopic (exact) mass is 502 g/mol. The predicted octanol–water partition coefficient (Wildman–Crippen LogP) is 5.75. The zero-order valence-corrected chi connectivity index (χ0v) is 20.1. The average molecular weight is 503 g/mol. The van der Waals surface area contributed by atoms with Gasteiger partial charge in [0.25, 0.3) is 0 Å². The normalized spacial score (nSPS) is 11.7. The van der Waals surface area contributed by atoms with E-state index in [0.717, 1.165) is 29.0 Å². The molecule has 0 aliphatic carbocycles. The van der Waals surface area contributed by atoms with E-state index in [1.807, 2.05) is 44.2 Å². The predicted molar refractivity (Wildman–Crippen MR) is 130 cm³/mol. The van der Waals surface area contributed by atoms with E-state index in [0.29, 0.717) is 17.1 Å². The minimum absolute atomic E-state index is 0.0623. The zero-order chi connectivity index (χ0) is 25.4. The average Bonchev–Trinajstić information content (AvgIpc) is 3.28. The molecule has 1 heterocycles. The molecule has 1 N–H and O–H groups in total. The summed E-state index contributed by atoms with van der Waals surface area (Å²) in [5.74, 6) is -0.300. The molecule has 184 valence electrons. The van der Waals surface area contributed by atoms with Gasteiger partial charge in [-0.25, -0.2) is 0 Å². The molecule has 35 heavy (non-hydrogen) atoms. The SMILES string of the molecule is CC(C)CN(CCC(=O)Nc1nnc(-c2ccc(C(F)(F)F)cc2)s1)C(=O)/C=C/c1ccccc1. The minimum atomic E-state index is -4.42. The minimum Gasteiger partial charge on any atom is -0.338 e. The second kappa shape index (κ2) is 11.7. The summed E-state index contributed by atoms with van der Waals surface area (Å²) in [6.45, 7) is 4.71. The topological polar surface area (TPSA) is 75.2 Å². The lowest BCUT2D eigenvalue weighted by atomic mass is 10.1. The van der Waals surface area contributed by atoms with Gasteiger partial charge in [0.1, 0.15) is 5.01 Å². The molecule has 0 spiro atoms. The van der Waals surface area contributed by atoms with Crippen molar-refractivity contribution < 1.29 is 22.8 Å². The van der Waals surface area contributed by atoms with E-state index >= 15 is 0 Å².